The molecule has 4 rings (SSSR count). The molecule has 0 saturated carbocycles. The normalized spacial score (nSPS) is 14.3. The van der Waals surface area contributed by atoms with Gasteiger partial charge in [-0.3, -0.25) is 14.5 Å². The van der Waals surface area contributed by atoms with Crippen LogP contribution in [0.5, 0.6) is 0 Å². The molecule has 1 aromatic heterocycles. The first-order valence-corrected chi connectivity index (χ1v) is 15.6. The van der Waals surface area contributed by atoms with Gasteiger partial charge in [-0.25, -0.2) is 9.78 Å². The number of para-hydroxylation sites is 2. The van der Waals surface area contributed by atoms with Gasteiger partial charge >= 0.3 is 6.09 Å². The summed E-state index contributed by atoms with van der Waals surface area (Å²) in [6, 6.07) is 24.5. The van der Waals surface area contributed by atoms with Crippen LogP contribution < -0.4 is 16.0 Å². The summed E-state index contributed by atoms with van der Waals surface area (Å²) in [6.07, 6.45) is -1.29. The van der Waals surface area contributed by atoms with E-state index in [-0.39, 0.29) is 24.7 Å². The summed E-state index contributed by atoms with van der Waals surface area (Å²) in [6.45, 7) is 8.93. The van der Waals surface area contributed by atoms with E-state index in [2.05, 4.69) is 15.3 Å². The van der Waals surface area contributed by atoms with Crippen molar-refractivity contribution in [2.75, 3.05) is 4.90 Å². The number of hydrogen-bond donors (Lipinski definition) is 4. The van der Waals surface area contributed by atoms with Crippen molar-refractivity contribution in [3.8, 4) is 0 Å². The highest BCUT2D eigenvalue weighted by Crippen LogP contribution is 2.28. The molecule has 0 aliphatic heterocycles. The van der Waals surface area contributed by atoms with E-state index in [1.54, 1.807) is 20.8 Å². The van der Waals surface area contributed by atoms with Crippen LogP contribution in [0.25, 0.3) is 11.0 Å². The molecule has 10 heteroatoms. The summed E-state index contributed by atoms with van der Waals surface area (Å²) < 4.78 is 5.51. The Kier molecular flexibility index (Phi) is 11.2. The second-order valence-electron chi connectivity index (χ2n) is 13.0. The van der Waals surface area contributed by atoms with Crippen molar-refractivity contribution in [3.63, 3.8) is 0 Å². The number of nitrogens with zero attached hydrogens (tertiary/aromatic N) is 2. The number of rotatable bonds is 13. The smallest absolute Gasteiger partial charge is 0.407 e. The van der Waals surface area contributed by atoms with Gasteiger partial charge in [-0.1, -0.05) is 86.6 Å². The highest BCUT2D eigenvalue weighted by Gasteiger charge is 2.39. The molecule has 0 radical (unpaired) electrons. The van der Waals surface area contributed by atoms with E-state index in [1.807, 2.05) is 98.8 Å². The van der Waals surface area contributed by atoms with Crippen LogP contribution in [0.15, 0.2) is 84.9 Å². The Morgan fingerprint density at radius 3 is 2.02 bits per heavy atom. The number of aliphatic hydroxyl groups excluding tert-OH is 1. The van der Waals surface area contributed by atoms with Crippen LogP contribution in [0.1, 0.15) is 52.2 Å². The number of alkyl carbamates (subject to hydrolysis) is 1. The van der Waals surface area contributed by atoms with Gasteiger partial charge in [-0.15, -0.1) is 0 Å². The largest absolute Gasteiger partial charge is 0.444 e. The zero-order valence-corrected chi connectivity index (χ0v) is 27.1. The first-order chi connectivity index (χ1) is 21.8. The van der Waals surface area contributed by atoms with Crippen molar-refractivity contribution in [3.05, 3.63) is 96.1 Å². The fraction of sp³-hybridized carbons (Fsp3) is 0.389. The summed E-state index contributed by atoms with van der Waals surface area (Å²) in [5, 5.41) is 14.6. The maximum absolute atomic E-state index is 14.7. The number of amides is 3. The molecule has 0 fully saturated rings. The monoisotopic (exact) mass is 627 g/mol. The highest BCUT2D eigenvalue weighted by atomic mass is 16.6. The summed E-state index contributed by atoms with van der Waals surface area (Å²) in [4.78, 5) is 49.7. The number of carbonyl (C=O) groups is 3. The first-order valence-electron chi connectivity index (χ1n) is 15.6. The average molecular weight is 628 g/mol. The van der Waals surface area contributed by atoms with Gasteiger partial charge in [0.15, 0.2) is 0 Å². The Hall–Kier alpha value is -4.70. The van der Waals surface area contributed by atoms with Crippen molar-refractivity contribution in [1.29, 1.82) is 0 Å². The molecular weight excluding hydrogens is 582 g/mol. The number of primary amides is 1. The van der Waals surface area contributed by atoms with Crippen molar-refractivity contribution in [2.24, 2.45) is 17.6 Å². The SMILES string of the molecule is CC(C)C(C(N)=O)N(C(=O)C(Cc1ccccc1)CC(O)C(Cc1ccccc1)NC(=O)OC(C)(C)C)c1nc2ccccc2[nH]1. The molecule has 0 aliphatic rings. The number of H-pyrrole nitrogens is 1. The van der Waals surface area contributed by atoms with E-state index < -0.39 is 47.6 Å². The minimum absolute atomic E-state index is 0.0265. The van der Waals surface area contributed by atoms with Gasteiger partial charge in [0.25, 0.3) is 0 Å². The Morgan fingerprint density at radius 2 is 1.48 bits per heavy atom. The molecule has 3 aromatic carbocycles. The van der Waals surface area contributed by atoms with E-state index in [0.717, 1.165) is 11.1 Å². The molecular formula is C36H45N5O5. The number of anilines is 1. The third-order valence-electron chi connectivity index (χ3n) is 7.71. The lowest BCUT2D eigenvalue weighted by Crippen LogP contribution is -2.54. The number of nitrogens with one attached hydrogen (secondary N) is 2. The second-order valence-corrected chi connectivity index (χ2v) is 13.0. The second kappa shape index (κ2) is 15.1. The number of aromatic nitrogens is 2. The van der Waals surface area contributed by atoms with Gasteiger partial charge in [-0.05, 0) is 69.2 Å². The minimum atomic E-state index is -1.16. The van der Waals surface area contributed by atoms with E-state index in [1.165, 1.54) is 4.90 Å². The van der Waals surface area contributed by atoms with E-state index in [4.69, 9.17) is 10.5 Å². The average Bonchev–Trinajstić information content (AvgIpc) is 3.42. The first kappa shape index (κ1) is 34.2. The molecule has 5 N–H and O–H groups in total. The lowest BCUT2D eigenvalue weighted by atomic mass is 9.87. The topological polar surface area (TPSA) is 151 Å². The highest BCUT2D eigenvalue weighted by molar-refractivity contribution is 6.01. The third kappa shape index (κ3) is 9.17. The van der Waals surface area contributed by atoms with Gasteiger partial charge in [0.1, 0.15) is 11.6 Å². The number of nitrogens with two attached hydrogens (primary N) is 1. The molecule has 4 atom stereocenters. The van der Waals surface area contributed by atoms with Gasteiger partial charge in [0, 0.05) is 5.92 Å². The summed E-state index contributed by atoms with van der Waals surface area (Å²) in [5.74, 6) is -2.04. The number of aromatic amines is 1. The fourth-order valence-corrected chi connectivity index (χ4v) is 5.61. The molecule has 0 bridgehead atoms. The predicted molar refractivity (Wildman–Crippen MR) is 179 cm³/mol. The van der Waals surface area contributed by atoms with Gasteiger partial charge < -0.3 is 25.9 Å². The maximum Gasteiger partial charge on any atom is 0.407 e. The molecule has 1 heterocycles. The number of hydrogen-bond acceptors (Lipinski definition) is 6. The Bertz CT molecular complexity index is 1570. The van der Waals surface area contributed by atoms with Crippen molar-refractivity contribution in [1.82, 2.24) is 15.3 Å². The Morgan fingerprint density at radius 1 is 0.913 bits per heavy atom. The van der Waals surface area contributed by atoms with E-state index in [9.17, 15) is 19.5 Å². The summed E-state index contributed by atoms with van der Waals surface area (Å²) >= 11 is 0. The number of carbonyl (C=O) groups excluding carboxylic acids is 3. The summed E-state index contributed by atoms with van der Waals surface area (Å²) in [5.41, 5.74) is 8.27. The molecule has 10 nitrogen and oxygen atoms in total. The lowest BCUT2D eigenvalue weighted by Gasteiger charge is -2.34. The molecule has 4 aromatic rings. The number of imidazole rings is 1. The maximum atomic E-state index is 14.7. The summed E-state index contributed by atoms with van der Waals surface area (Å²) in [7, 11) is 0. The molecule has 0 saturated heterocycles. The van der Waals surface area contributed by atoms with Crippen LogP contribution in [0.4, 0.5) is 10.7 Å². The van der Waals surface area contributed by atoms with E-state index >= 15 is 0 Å². The zero-order valence-electron chi connectivity index (χ0n) is 27.1. The fourth-order valence-electron chi connectivity index (χ4n) is 5.61. The van der Waals surface area contributed by atoms with Crippen LogP contribution in [0, 0.1) is 11.8 Å². The Balaban J connectivity index is 1.73. The van der Waals surface area contributed by atoms with Gasteiger partial charge in [0.05, 0.1) is 23.2 Å². The van der Waals surface area contributed by atoms with Crippen LogP contribution in [0.3, 0.4) is 0 Å². The minimum Gasteiger partial charge on any atom is -0.444 e. The predicted octanol–water partition coefficient (Wildman–Crippen LogP) is 5.15. The number of fused-ring (bicyclic) bond motifs is 1. The molecule has 244 valence electrons. The number of benzene rings is 3. The van der Waals surface area contributed by atoms with Crippen molar-refractivity contribution in [2.45, 2.75) is 77.7 Å². The van der Waals surface area contributed by atoms with Crippen LogP contribution in [-0.2, 0) is 27.2 Å². The van der Waals surface area contributed by atoms with Crippen molar-refractivity contribution < 1.29 is 24.2 Å². The third-order valence-corrected chi connectivity index (χ3v) is 7.71. The van der Waals surface area contributed by atoms with Crippen molar-refractivity contribution >= 4 is 34.9 Å². The zero-order chi connectivity index (χ0) is 33.4. The number of aliphatic hydroxyl groups is 1. The van der Waals surface area contributed by atoms with E-state index in [0.29, 0.717) is 17.5 Å². The standard InChI is InChI=1S/C36H45N5O5/c1-23(2)31(32(37)43)41(34-38-27-18-12-13-19-28(27)39-34)33(44)26(20-24-14-8-6-9-15-24)22-30(42)29(21-25-16-10-7-11-17-25)40-35(45)46-36(3,4)5/h6-19,23,26,29-31,42H,20-22H2,1-5H3,(H2,37,43)(H,38,39)(H,40,45). The van der Waals surface area contributed by atoms with Crippen LogP contribution in [-0.4, -0.2) is 56.8 Å². The lowest BCUT2D eigenvalue weighted by molar-refractivity contribution is -0.128. The molecule has 4 unspecified atom stereocenters. The van der Waals surface area contributed by atoms with Crippen LogP contribution >= 0.6 is 0 Å². The quantitative estimate of drug-likeness (QED) is 0.161. The van der Waals surface area contributed by atoms with Crippen LogP contribution in [0.2, 0.25) is 0 Å². The molecule has 3 amide bonds. The number of ether oxygens (including phenoxy) is 1. The molecule has 0 spiro atoms. The van der Waals surface area contributed by atoms with Gasteiger partial charge in [0.2, 0.25) is 17.8 Å². The molecule has 46 heavy (non-hydrogen) atoms. The van der Waals surface area contributed by atoms with Gasteiger partial charge in [-0.2, -0.15) is 0 Å². The Labute approximate surface area is 270 Å². The molecule has 0 aliphatic carbocycles.